The number of carbonyl (C=O) groups excluding carboxylic acids is 1. The van der Waals surface area contributed by atoms with Gasteiger partial charge in [0.25, 0.3) is 5.91 Å². The lowest BCUT2D eigenvalue weighted by Gasteiger charge is -2.17. The van der Waals surface area contributed by atoms with Gasteiger partial charge < -0.3 is 10.2 Å². The smallest absolute Gasteiger partial charge is 0.253 e. The molecule has 5 aromatic rings. The van der Waals surface area contributed by atoms with Gasteiger partial charge in [0, 0.05) is 42.5 Å². The van der Waals surface area contributed by atoms with Crippen LogP contribution in [0.15, 0.2) is 97.1 Å². The number of carbonyl (C=O) groups is 1. The predicted octanol–water partition coefficient (Wildman–Crippen LogP) is 7.82. The zero-order valence-electron chi connectivity index (χ0n) is 23.8. The van der Waals surface area contributed by atoms with E-state index in [4.69, 9.17) is 4.98 Å². The minimum Gasteiger partial charge on any atom is -0.341 e. The summed E-state index contributed by atoms with van der Waals surface area (Å²) in [6.45, 7) is 10.6. The van der Waals surface area contributed by atoms with Gasteiger partial charge >= 0.3 is 0 Å². The van der Waals surface area contributed by atoms with Gasteiger partial charge in [-0.1, -0.05) is 88.4 Å². The van der Waals surface area contributed by atoms with Gasteiger partial charge in [-0.3, -0.25) is 4.79 Å². The van der Waals surface area contributed by atoms with E-state index in [9.17, 15) is 4.79 Å². The van der Waals surface area contributed by atoms with Crippen molar-refractivity contribution in [2.45, 2.75) is 41.0 Å². The summed E-state index contributed by atoms with van der Waals surface area (Å²) < 4.78 is 1.80. The Labute approximate surface area is 232 Å². The topological polar surface area (TPSA) is 62.5 Å². The first-order chi connectivity index (χ1) is 19.1. The quantitative estimate of drug-likeness (QED) is 0.237. The Morgan fingerprint density at radius 3 is 2.10 bits per heavy atom. The lowest BCUT2D eigenvalue weighted by atomic mass is 10.1. The fourth-order valence-corrected chi connectivity index (χ4v) is 4.04. The SMILES string of the molecule is CC.CC.Cc1cc2nc(-c3ccccc3)cc(Nc3ccc(C(=O)N(C)CCc4ccccc4)cc3)n2n1. The number of likely N-dealkylation sites (N-methyl/N-ethyl adjacent to an activating group) is 1. The number of aryl methyl sites for hydroxylation is 1. The molecule has 0 aliphatic carbocycles. The average molecular weight is 522 g/mol. The lowest BCUT2D eigenvalue weighted by molar-refractivity contribution is 0.0796. The molecule has 2 aromatic heterocycles. The van der Waals surface area contributed by atoms with Crippen LogP contribution >= 0.6 is 0 Å². The Balaban J connectivity index is 0.00000100. The standard InChI is InChI=1S/C29H27N5O.2C2H6/c1-21-19-27-31-26(23-11-7-4-8-12-23)20-28(34(27)32-21)30-25-15-13-24(14-16-25)29(35)33(2)18-17-22-9-5-3-6-10-22;2*1-2/h3-16,19-20,30H,17-18H2,1-2H3;2*1-2H3. The van der Waals surface area contributed by atoms with Gasteiger partial charge in [-0.25, -0.2) is 4.98 Å². The molecule has 202 valence electrons. The Bertz CT molecular complexity index is 1440. The highest BCUT2D eigenvalue weighted by Crippen LogP contribution is 2.25. The van der Waals surface area contributed by atoms with Crippen LogP contribution in [-0.2, 0) is 6.42 Å². The van der Waals surface area contributed by atoms with E-state index in [0.717, 1.165) is 40.5 Å². The summed E-state index contributed by atoms with van der Waals surface area (Å²) in [4.78, 5) is 19.4. The van der Waals surface area contributed by atoms with Crippen molar-refractivity contribution in [1.82, 2.24) is 19.5 Å². The molecule has 0 saturated heterocycles. The van der Waals surface area contributed by atoms with Crippen LogP contribution in [0.5, 0.6) is 0 Å². The first-order valence-corrected chi connectivity index (χ1v) is 13.7. The maximum absolute atomic E-state index is 12.9. The molecule has 39 heavy (non-hydrogen) atoms. The molecule has 0 spiro atoms. The normalized spacial score (nSPS) is 10.1. The maximum Gasteiger partial charge on any atom is 0.253 e. The summed E-state index contributed by atoms with van der Waals surface area (Å²) in [5, 5.41) is 8.04. The number of hydrogen-bond acceptors (Lipinski definition) is 4. The number of hydrogen-bond donors (Lipinski definition) is 1. The molecule has 0 fully saturated rings. The molecule has 6 nitrogen and oxygen atoms in total. The van der Waals surface area contributed by atoms with Crippen molar-refractivity contribution >= 4 is 23.1 Å². The molecule has 5 rings (SSSR count). The second-order valence-electron chi connectivity index (χ2n) is 8.61. The van der Waals surface area contributed by atoms with E-state index in [1.165, 1.54) is 5.56 Å². The van der Waals surface area contributed by atoms with Crippen LogP contribution in [0.3, 0.4) is 0 Å². The van der Waals surface area contributed by atoms with Crippen LogP contribution in [-0.4, -0.2) is 39.0 Å². The van der Waals surface area contributed by atoms with Gasteiger partial charge in [0.15, 0.2) is 5.65 Å². The van der Waals surface area contributed by atoms with Crippen LogP contribution in [0.25, 0.3) is 16.9 Å². The van der Waals surface area contributed by atoms with Gasteiger partial charge in [-0.2, -0.15) is 9.61 Å². The third-order valence-electron chi connectivity index (χ3n) is 5.95. The zero-order chi connectivity index (χ0) is 28.2. The summed E-state index contributed by atoms with van der Waals surface area (Å²) in [6.07, 6.45) is 0.827. The number of amides is 1. The number of anilines is 2. The first kappa shape index (κ1) is 29.1. The van der Waals surface area contributed by atoms with Crippen LogP contribution in [0, 0.1) is 6.92 Å². The van der Waals surface area contributed by atoms with Crippen molar-refractivity contribution in [3.63, 3.8) is 0 Å². The number of fused-ring (bicyclic) bond motifs is 1. The summed E-state index contributed by atoms with van der Waals surface area (Å²) in [5.74, 6) is 0.814. The molecule has 0 saturated carbocycles. The maximum atomic E-state index is 12.9. The Kier molecular flexibility index (Phi) is 10.8. The van der Waals surface area contributed by atoms with Crippen LogP contribution in [0.2, 0.25) is 0 Å². The van der Waals surface area contributed by atoms with E-state index in [1.807, 2.05) is 127 Å². The summed E-state index contributed by atoms with van der Waals surface area (Å²) in [6, 6.07) is 31.8. The van der Waals surface area contributed by atoms with Crippen molar-refractivity contribution < 1.29 is 4.79 Å². The Morgan fingerprint density at radius 2 is 1.46 bits per heavy atom. The first-order valence-electron chi connectivity index (χ1n) is 13.7. The minimum atomic E-state index is 0.00727. The molecule has 1 N–H and O–H groups in total. The van der Waals surface area contributed by atoms with E-state index in [0.29, 0.717) is 12.1 Å². The molecule has 2 heterocycles. The largest absolute Gasteiger partial charge is 0.341 e. The fraction of sp³-hybridized carbons (Fsp3) is 0.242. The van der Waals surface area contributed by atoms with Crippen molar-refractivity contribution in [1.29, 1.82) is 0 Å². The number of nitrogens with zero attached hydrogens (tertiary/aromatic N) is 4. The van der Waals surface area contributed by atoms with E-state index in [-0.39, 0.29) is 5.91 Å². The highest BCUT2D eigenvalue weighted by Gasteiger charge is 2.13. The molecule has 0 aliphatic rings. The molecule has 6 heteroatoms. The Hall–Kier alpha value is -4.45. The lowest BCUT2D eigenvalue weighted by Crippen LogP contribution is -2.28. The van der Waals surface area contributed by atoms with Gasteiger partial charge in [0.2, 0.25) is 0 Å². The summed E-state index contributed by atoms with van der Waals surface area (Å²) in [5.41, 5.74) is 6.32. The van der Waals surface area contributed by atoms with Crippen LogP contribution < -0.4 is 5.32 Å². The van der Waals surface area contributed by atoms with E-state index in [1.54, 1.807) is 9.42 Å². The third kappa shape index (κ3) is 7.54. The number of nitrogens with one attached hydrogen (secondary N) is 1. The number of aromatic nitrogens is 3. The molecule has 0 unspecified atom stereocenters. The van der Waals surface area contributed by atoms with Crippen molar-refractivity contribution in [2.75, 3.05) is 18.9 Å². The van der Waals surface area contributed by atoms with E-state index < -0.39 is 0 Å². The predicted molar refractivity (Wildman–Crippen MR) is 163 cm³/mol. The molecular formula is C33H39N5O. The van der Waals surface area contributed by atoms with Gasteiger partial charge in [-0.15, -0.1) is 0 Å². The van der Waals surface area contributed by atoms with Gasteiger partial charge in [0.1, 0.15) is 5.82 Å². The highest BCUT2D eigenvalue weighted by molar-refractivity contribution is 5.94. The monoisotopic (exact) mass is 521 g/mol. The second kappa shape index (κ2) is 14.5. The average Bonchev–Trinajstić information content (AvgIpc) is 3.39. The molecule has 0 aliphatic heterocycles. The molecule has 0 radical (unpaired) electrons. The number of benzene rings is 3. The molecule has 0 bridgehead atoms. The van der Waals surface area contributed by atoms with Crippen molar-refractivity contribution in [3.8, 4) is 11.3 Å². The molecule has 1 amide bonds. The zero-order valence-corrected chi connectivity index (χ0v) is 23.8. The van der Waals surface area contributed by atoms with Crippen LogP contribution in [0.4, 0.5) is 11.5 Å². The van der Waals surface area contributed by atoms with Gasteiger partial charge in [0.05, 0.1) is 11.4 Å². The summed E-state index contributed by atoms with van der Waals surface area (Å²) in [7, 11) is 1.84. The van der Waals surface area contributed by atoms with Crippen molar-refractivity contribution in [3.05, 3.63) is 114 Å². The van der Waals surface area contributed by atoms with E-state index in [2.05, 4.69) is 22.5 Å². The van der Waals surface area contributed by atoms with E-state index >= 15 is 0 Å². The highest BCUT2D eigenvalue weighted by atomic mass is 16.2. The summed E-state index contributed by atoms with van der Waals surface area (Å²) >= 11 is 0. The van der Waals surface area contributed by atoms with Crippen molar-refractivity contribution in [2.24, 2.45) is 0 Å². The minimum absolute atomic E-state index is 0.00727. The molecule has 3 aromatic carbocycles. The van der Waals surface area contributed by atoms with Gasteiger partial charge in [-0.05, 0) is 43.2 Å². The second-order valence-corrected chi connectivity index (χ2v) is 8.61. The fourth-order valence-electron chi connectivity index (χ4n) is 4.04. The van der Waals surface area contributed by atoms with Crippen LogP contribution in [0.1, 0.15) is 49.3 Å². The Morgan fingerprint density at radius 1 is 0.846 bits per heavy atom. The molecule has 0 atom stereocenters. The molecular weight excluding hydrogens is 482 g/mol. The third-order valence-corrected chi connectivity index (χ3v) is 5.95. The number of rotatable bonds is 7.